The van der Waals surface area contributed by atoms with Crippen LogP contribution in [0.2, 0.25) is 0 Å². The van der Waals surface area contributed by atoms with Crippen LogP contribution in [-0.2, 0) is 4.74 Å². The number of benzene rings is 1. The molecular weight excluding hydrogens is 190 g/mol. The summed E-state index contributed by atoms with van der Waals surface area (Å²) in [5.41, 5.74) is 6.50. The van der Waals surface area contributed by atoms with Crippen molar-refractivity contribution in [1.82, 2.24) is 0 Å². The Morgan fingerprint density at radius 1 is 1.47 bits per heavy atom. The molecule has 1 aromatic rings. The molecule has 3 heteroatoms. The van der Waals surface area contributed by atoms with E-state index in [4.69, 9.17) is 15.2 Å². The third-order valence-corrected chi connectivity index (χ3v) is 2.21. The van der Waals surface area contributed by atoms with E-state index in [1.807, 2.05) is 36.4 Å². The van der Waals surface area contributed by atoms with E-state index in [0.717, 1.165) is 11.3 Å². The second-order valence-electron chi connectivity index (χ2n) is 3.49. The second-order valence-corrected chi connectivity index (χ2v) is 3.49. The SMILES string of the molecule is NC/C=C/c1cccc(OC2COC2)c1. The highest BCUT2D eigenvalue weighted by atomic mass is 16.6. The Morgan fingerprint density at radius 3 is 3.00 bits per heavy atom. The molecule has 0 spiro atoms. The minimum Gasteiger partial charge on any atom is -0.486 e. The van der Waals surface area contributed by atoms with Crippen molar-refractivity contribution in [2.24, 2.45) is 5.73 Å². The van der Waals surface area contributed by atoms with Gasteiger partial charge >= 0.3 is 0 Å². The van der Waals surface area contributed by atoms with Crippen molar-refractivity contribution in [3.8, 4) is 5.75 Å². The zero-order valence-corrected chi connectivity index (χ0v) is 8.56. The summed E-state index contributed by atoms with van der Waals surface area (Å²) in [6, 6.07) is 7.96. The molecule has 3 nitrogen and oxygen atoms in total. The van der Waals surface area contributed by atoms with E-state index >= 15 is 0 Å². The van der Waals surface area contributed by atoms with E-state index in [9.17, 15) is 0 Å². The zero-order valence-electron chi connectivity index (χ0n) is 8.56. The monoisotopic (exact) mass is 205 g/mol. The topological polar surface area (TPSA) is 44.5 Å². The van der Waals surface area contributed by atoms with Crippen molar-refractivity contribution < 1.29 is 9.47 Å². The minimum atomic E-state index is 0.221. The van der Waals surface area contributed by atoms with Crippen molar-refractivity contribution in [3.63, 3.8) is 0 Å². The van der Waals surface area contributed by atoms with Gasteiger partial charge in [-0.3, -0.25) is 0 Å². The van der Waals surface area contributed by atoms with Gasteiger partial charge < -0.3 is 15.2 Å². The fourth-order valence-corrected chi connectivity index (χ4v) is 1.37. The minimum absolute atomic E-state index is 0.221. The van der Waals surface area contributed by atoms with E-state index in [1.165, 1.54) is 0 Å². The van der Waals surface area contributed by atoms with Crippen LogP contribution in [0.25, 0.3) is 6.08 Å². The first kappa shape index (κ1) is 10.2. The fourth-order valence-electron chi connectivity index (χ4n) is 1.37. The van der Waals surface area contributed by atoms with Crippen molar-refractivity contribution in [1.29, 1.82) is 0 Å². The molecule has 2 rings (SSSR count). The largest absolute Gasteiger partial charge is 0.486 e. The molecule has 1 fully saturated rings. The molecule has 1 aliphatic heterocycles. The first-order chi connectivity index (χ1) is 7.38. The van der Waals surface area contributed by atoms with Crippen LogP contribution in [-0.4, -0.2) is 25.9 Å². The fraction of sp³-hybridized carbons (Fsp3) is 0.333. The number of nitrogens with two attached hydrogens (primary N) is 1. The second kappa shape index (κ2) is 4.96. The van der Waals surface area contributed by atoms with Gasteiger partial charge in [0.2, 0.25) is 0 Å². The predicted octanol–water partition coefficient (Wildman–Crippen LogP) is 1.44. The van der Waals surface area contributed by atoms with Crippen LogP contribution in [0.1, 0.15) is 5.56 Å². The van der Waals surface area contributed by atoms with E-state index < -0.39 is 0 Å². The Kier molecular flexibility index (Phi) is 3.37. The summed E-state index contributed by atoms with van der Waals surface area (Å²) in [5, 5.41) is 0. The van der Waals surface area contributed by atoms with Crippen molar-refractivity contribution in [2.45, 2.75) is 6.10 Å². The standard InChI is InChI=1S/C12H15NO2/c13-6-2-4-10-3-1-5-11(7-10)15-12-8-14-9-12/h1-5,7,12H,6,8-9,13H2/b4-2+. The lowest BCUT2D eigenvalue weighted by Gasteiger charge is -2.26. The first-order valence-corrected chi connectivity index (χ1v) is 5.09. The summed E-state index contributed by atoms with van der Waals surface area (Å²) in [7, 11) is 0. The number of rotatable bonds is 4. The molecule has 0 aromatic heterocycles. The van der Waals surface area contributed by atoms with Crippen LogP contribution in [0.3, 0.4) is 0 Å². The summed E-state index contributed by atoms with van der Waals surface area (Å²) in [6.07, 6.45) is 4.13. The highest BCUT2D eigenvalue weighted by molar-refractivity contribution is 5.51. The molecule has 0 saturated carbocycles. The van der Waals surface area contributed by atoms with Crippen LogP contribution in [0.15, 0.2) is 30.3 Å². The average Bonchev–Trinajstić information content (AvgIpc) is 2.21. The number of hydrogen-bond acceptors (Lipinski definition) is 3. The van der Waals surface area contributed by atoms with Crippen LogP contribution in [0.5, 0.6) is 5.75 Å². The average molecular weight is 205 g/mol. The van der Waals surface area contributed by atoms with Gasteiger partial charge in [-0.25, -0.2) is 0 Å². The molecule has 2 N–H and O–H groups in total. The predicted molar refractivity (Wildman–Crippen MR) is 59.8 cm³/mol. The van der Waals surface area contributed by atoms with Crippen molar-refractivity contribution >= 4 is 6.08 Å². The Bertz CT molecular complexity index is 345. The Morgan fingerprint density at radius 2 is 2.33 bits per heavy atom. The van der Waals surface area contributed by atoms with Gasteiger partial charge in [-0.1, -0.05) is 24.3 Å². The highest BCUT2D eigenvalue weighted by Crippen LogP contribution is 2.18. The van der Waals surface area contributed by atoms with Gasteiger partial charge in [0.15, 0.2) is 0 Å². The molecule has 15 heavy (non-hydrogen) atoms. The number of ether oxygens (including phenoxy) is 2. The van der Waals surface area contributed by atoms with Crippen LogP contribution in [0, 0.1) is 0 Å². The lowest BCUT2D eigenvalue weighted by atomic mass is 10.2. The third-order valence-electron chi connectivity index (χ3n) is 2.21. The molecule has 1 heterocycles. The molecule has 1 aromatic carbocycles. The highest BCUT2D eigenvalue weighted by Gasteiger charge is 2.19. The lowest BCUT2D eigenvalue weighted by Crippen LogP contribution is -2.38. The molecule has 0 aliphatic carbocycles. The van der Waals surface area contributed by atoms with Crippen LogP contribution >= 0.6 is 0 Å². The van der Waals surface area contributed by atoms with Gasteiger partial charge in [0.1, 0.15) is 11.9 Å². The maximum Gasteiger partial charge on any atom is 0.145 e. The van der Waals surface area contributed by atoms with Crippen LogP contribution in [0.4, 0.5) is 0 Å². The molecule has 0 amide bonds. The maximum absolute atomic E-state index is 5.68. The Hall–Kier alpha value is -1.32. The van der Waals surface area contributed by atoms with E-state index in [2.05, 4.69) is 0 Å². The number of hydrogen-bond donors (Lipinski definition) is 1. The molecule has 0 radical (unpaired) electrons. The van der Waals surface area contributed by atoms with Gasteiger partial charge in [0, 0.05) is 6.54 Å². The molecule has 0 atom stereocenters. The van der Waals surface area contributed by atoms with Crippen molar-refractivity contribution in [2.75, 3.05) is 19.8 Å². The van der Waals surface area contributed by atoms with Crippen molar-refractivity contribution in [3.05, 3.63) is 35.9 Å². The van der Waals surface area contributed by atoms with Crippen LogP contribution < -0.4 is 10.5 Å². The maximum atomic E-state index is 5.68. The smallest absolute Gasteiger partial charge is 0.145 e. The summed E-state index contributed by atoms with van der Waals surface area (Å²) >= 11 is 0. The van der Waals surface area contributed by atoms with E-state index in [0.29, 0.717) is 19.8 Å². The lowest BCUT2D eigenvalue weighted by molar-refractivity contribution is -0.0796. The van der Waals surface area contributed by atoms with Gasteiger partial charge in [0.25, 0.3) is 0 Å². The summed E-state index contributed by atoms with van der Waals surface area (Å²) in [4.78, 5) is 0. The van der Waals surface area contributed by atoms with Gasteiger partial charge in [-0.2, -0.15) is 0 Å². The van der Waals surface area contributed by atoms with Gasteiger partial charge in [-0.15, -0.1) is 0 Å². The Balaban J connectivity index is 2.01. The van der Waals surface area contributed by atoms with Gasteiger partial charge in [0.05, 0.1) is 13.2 Å². The molecule has 1 aliphatic rings. The zero-order chi connectivity index (χ0) is 10.5. The summed E-state index contributed by atoms with van der Waals surface area (Å²) in [6.45, 7) is 1.95. The summed E-state index contributed by atoms with van der Waals surface area (Å²) in [5.74, 6) is 0.891. The normalized spacial score (nSPS) is 16.6. The summed E-state index contributed by atoms with van der Waals surface area (Å²) < 4.78 is 10.7. The van der Waals surface area contributed by atoms with Gasteiger partial charge in [-0.05, 0) is 17.7 Å². The van der Waals surface area contributed by atoms with E-state index in [-0.39, 0.29) is 6.10 Å². The third kappa shape index (κ3) is 2.81. The Labute approximate surface area is 89.5 Å². The molecule has 0 unspecified atom stereocenters. The molecule has 1 saturated heterocycles. The quantitative estimate of drug-likeness (QED) is 0.808. The van der Waals surface area contributed by atoms with E-state index in [1.54, 1.807) is 0 Å². The molecule has 80 valence electrons. The molecule has 0 bridgehead atoms. The first-order valence-electron chi connectivity index (χ1n) is 5.09. The molecular formula is C12H15NO2.